The van der Waals surface area contributed by atoms with Crippen molar-refractivity contribution in [3.05, 3.63) is 0 Å². The summed E-state index contributed by atoms with van der Waals surface area (Å²) in [6, 6.07) is 0. The average Bonchev–Trinajstić information content (AvgIpc) is 2.28. The zero-order chi connectivity index (χ0) is 9.90. The normalized spacial score (nSPS) is 18.4. The molecule has 0 bridgehead atoms. The summed E-state index contributed by atoms with van der Waals surface area (Å²) in [6.45, 7) is 5.33. The van der Waals surface area contributed by atoms with Crippen LogP contribution in [0, 0.1) is 0 Å². The molecule has 1 saturated heterocycles. The van der Waals surface area contributed by atoms with Crippen molar-refractivity contribution < 1.29 is 4.79 Å². The number of amides is 1. The minimum atomic E-state index is -0.704. The molecule has 4 heteroatoms. The lowest BCUT2D eigenvalue weighted by Gasteiger charge is -2.28. The summed E-state index contributed by atoms with van der Waals surface area (Å²) in [5, 5.41) is 0. The highest BCUT2D eigenvalue weighted by Crippen LogP contribution is 2.13. The van der Waals surface area contributed by atoms with Crippen LogP contribution in [0.2, 0.25) is 0 Å². The van der Waals surface area contributed by atoms with E-state index in [0.29, 0.717) is 0 Å². The van der Waals surface area contributed by atoms with Crippen LogP contribution in [0.5, 0.6) is 0 Å². The molecule has 84 valence electrons. The van der Waals surface area contributed by atoms with Gasteiger partial charge in [-0.2, -0.15) is 0 Å². The predicted molar refractivity (Wildman–Crippen MR) is 60.6 cm³/mol. The maximum absolute atomic E-state index is 11.8. The lowest BCUT2D eigenvalue weighted by atomic mass is 10.1. The Balaban J connectivity index is 0.00000169. The molecule has 0 aliphatic carbocycles. The van der Waals surface area contributed by atoms with Crippen LogP contribution < -0.4 is 5.73 Å². The predicted octanol–water partition coefficient (Wildman–Crippen LogP) is 1.55. The fraction of sp³-hybridized carbons (Fsp3) is 0.900. The van der Waals surface area contributed by atoms with E-state index >= 15 is 0 Å². The second-order valence-electron chi connectivity index (χ2n) is 4.43. The zero-order valence-electron chi connectivity index (χ0n) is 9.08. The van der Waals surface area contributed by atoms with E-state index in [0.717, 1.165) is 25.9 Å². The summed E-state index contributed by atoms with van der Waals surface area (Å²) in [4.78, 5) is 13.7. The molecular weight excluding hydrogens is 200 g/mol. The molecule has 0 spiro atoms. The first kappa shape index (κ1) is 13.7. The molecule has 0 saturated carbocycles. The van der Waals surface area contributed by atoms with E-state index in [9.17, 15) is 4.79 Å². The summed E-state index contributed by atoms with van der Waals surface area (Å²) in [5.41, 5.74) is 5.07. The molecule has 14 heavy (non-hydrogen) atoms. The van der Waals surface area contributed by atoms with Gasteiger partial charge in [-0.05, 0) is 26.7 Å². The van der Waals surface area contributed by atoms with Gasteiger partial charge in [0.25, 0.3) is 0 Å². The highest BCUT2D eigenvalue weighted by molar-refractivity contribution is 5.85. The average molecular weight is 221 g/mol. The van der Waals surface area contributed by atoms with Gasteiger partial charge in [0.15, 0.2) is 0 Å². The molecule has 0 unspecified atom stereocenters. The van der Waals surface area contributed by atoms with Gasteiger partial charge in [0, 0.05) is 13.1 Å². The van der Waals surface area contributed by atoms with E-state index in [1.165, 1.54) is 12.8 Å². The van der Waals surface area contributed by atoms with Crippen molar-refractivity contribution in [2.45, 2.75) is 45.1 Å². The first-order valence-electron chi connectivity index (χ1n) is 5.10. The van der Waals surface area contributed by atoms with Crippen molar-refractivity contribution >= 4 is 18.3 Å². The largest absolute Gasteiger partial charge is 0.341 e. The van der Waals surface area contributed by atoms with Gasteiger partial charge in [0.05, 0.1) is 5.54 Å². The van der Waals surface area contributed by atoms with Crippen molar-refractivity contribution in [2.75, 3.05) is 13.1 Å². The van der Waals surface area contributed by atoms with Crippen molar-refractivity contribution in [1.29, 1.82) is 0 Å². The van der Waals surface area contributed by atoms with E-state index in [4.69, 9.17) is 5.73 Å². The number of nitrogens with two attached hydrogens (primary N) is 1. The number of likely N-dealkylation sites (tertiary alicyclic amines) is 1. The van der Waals surface area contributed by atoms with E-state index in [1.54, 1.807) is 13.8 Å². The molecule has 1 rings (SSSR count). The number of nitrogens with zero attached hydrogens (tertiary/aromatic N) is 1. The molecule has 1 amide bonds. The Morgan fingerprint density at radius 1 is 1.14 bits per heavy atom. The Labute approximate surface area is 92.4 Å². The van der Waals surface area contributed by atoms with Gasteiger partial charge in [0.2, 0.25) is 5.91 Å². The Kier molecular flexibility index (Phi) is 5.45. The van der Waals surface area contributed by atoms with Crippen molar-refractivity contribution in [3.8, 4) is 0 Å². The molecule has 1 fully saturated rings. The summed E-state index contributed by atoms with van der Waals surface area (Å²) in [7, 11) is 0. The summed E-state index contributed by atoms with van der Waals surface area (Å²) in [5.74, 6) is 0.0920. The maximum atomic E-state index is 11.8. The molecule has 1 heterocycles. The van der Waals surface area contributed by atoms with Crippen LogP contribution in [-0.4, -0.2) is 29.4 Å². The highest BCUT2D eigenvalue weighted by atomic mass is 35.5. The standard InChI is InChI=1S/C10H20N2O.ClH/c1-10(2,11)9(13)12-7-5-3-4-6-8-12;/h3-8,11H2,1-2H3;1H. The first-order chi connectivity index (χ1) is 6.02. The van der Waals surface area contributed by atoms with Crippen LogP contribution in [0.25, 0.3) is 0 Å². The maximum Gasteiger partial charge on any atom is 0.242 e. The van der Waals surface area contributed by atoms with Gasteiger partial charge in [-0.3, -0.25) is 4.79 Å². The molecule has 1 aliphatic rings. The molecule has 2 N–H and O–H groups in total. The van der Waals surface area contributed by atoms with E-state index < -0.39 is 5.54 Å². The van der Waals surface area contributed by atoms with Gasteiger partial charge >= 0.3 is 0 Å². The first-order valence-corrected chi connectivity index (χ1v) is 5.10. The minimum absolute atomic E-state index is 0. The second-order valence-corrected chi connectivity index (χ2v) is 4.43. The quantitative estimate of drug-likeness (QED) is 0.729. The van der Waals surface area contributed by atoms with Gasteiger partial charge in [-0.25, -0.2) is 0 Å². The van der Waals surface area contributed by atoms with Crippen molar-refractivity contribution in [1.82, 2.24) is 4.90 Å². The third-order valence-electron chi connectivity index (χ3n) is 2.44. The lowest BCUT2D eigenvalue weighted by Crippen LogP contribution is -2.51. The Hall–Kier alpha value is -0.280. The Morgan fingerprint density at radius 2 is 1.57 bits per heavy atom. The molecule has 0 atom stereocenters. The number of rotatable bonds is 1. The van der Waals surface area contributed by atoms with Gasteiger partial charge in [-0.1, -0.05) is 12.8 Å². The van der Waals surface area contributed by atoms with Gasteiger partial charge < -0.3 is 10.6 Å². The molecule has 0 aromatic rings. The Morgan fingerprint density at radius 3 is 1.93 bits per heavy atom. The van der Waals surface area contributed by atoms with Crippen LogP contribution in [0.1, 0.15) is 39.5 Å². The number of hydrogen-bond acceptors (Lipinski definition) is 2. The van der Waals surface area contributed by atoms with Crippen LogP contribution in [-0.2, 0) is 4.79 Å². The van der Waals surface area contributed by atoms with Crippen LogP contribution in [0.15, 0.2) is 0 Å². The van der Waals surface area contributed by atoms with Gasteiger partial charge in [-0.15, -0.1) is 12.4 Å². The third-order valence-corrected chi connectivity index (χ3v) is 2.44. The highest BCUT2D eigenvalue weighted by Gasteiger charge is 2.27. The number of carbonyl (C=O) groups excluding carboxylic acids is 1. The molecule has 3 nitrogen and oxygen atoms in total. The Bertz CT molecular complexity index is 181. The summed E-state index contributed by atoms with van der Waals surface area (Å²) in [6.07, 6.45) is 4.74. The number of carbonyl (C=O) groups is 1. The van der Waals surface area contributed by atoms with Crippen molar-refractivity contribution in [2.24, 2.45) is 5.73 Å². The fourth-order valence-corrected chi connectivity index (χ4v) is 1.68. The van der Waals surface area contributed by atoms with Crippen LogP contribution in [0.4, 0.5) is 0 Å². The SMILES string of the molecule is CC(C)(N)C(=O)N1CCCCCC1.Cl. The van der Waals surface area contributed by atoms with Crippen LogP contribution in [0.3, 0.4) is 0 Å². The third kappa shape index (κ3) is 3.84. The van der Waals surface area contributed by atoms with Crippen LogP contribution >= 0.6 is 12.4 Å². The second kappa shape index (κ2) is 5.56. The minimum Gasteiger partial charge on any atom is -0.341 e. The fourth-order valence-electron chi connectivity index (χ4n) is 1.68. The monoisotopic (exact) mass is 220 g/mol. The number of hydrogen-bond donors (Lipinski definition) is 1. The van der Waals surface area contributed by atoms with Gasteiger partial charge in [0.1, 0.15) is 0 Å². The summed E-state index contributed by atoms with van der Waals surface area (Å²) < 4.78 is 0. The summed E-state index contributed by atoms with van der Waals surface area (Å²) >= 11 is 0. The number of halogens is 1. The van der Waals surface area contributed by atoms with E-state index in [2.05, 4.69) is 0 Å². The van der Waals surface area contributed by atoms with Crippen molar-refractivity contribution in [3.63, 3.8) is 0 Å². The smallest absolute Gasteiger partial charge is 0.242 e. The molecule has 0 aromatic heterocycles. The zero-order valence-corrected chi connectivity index (χ0v) is 9.90. The molecular formula is C10H21ClN2O. The van der Waals surface area contributed by atoms with E-state index in [1.807, 2.05) is 4.90 Å². The molecule has 0 radical (unpaired) electrons. The molecule has 1 aliphatic heterocycles. The van der Waals surface area contributed by atoms with E-state index in [-0.39, 0.29) is 18.3 Å². The molecule has 0 aromatic carbocycles. The lowest BCUT2D eigenvalue weighted by molar-refractivity contribution is -0.135. The topological polar surface area (TPSA) is 46.3 Å².